The highest BCUT2D eigenvalue weighted by Gasteiger charge is 2.23. The first-order chi connectivity index (χ1) is 8.97. The smallest absolute Gasteiger partial charge is 0.236 e. The summed E-state index contributed by atoms with van der Waals surface area (Å²) in [4.78, 5) is 27.5. The molecule has 0 aliphatic heterocycles. The molecule has 0 bridgehead atoms. The Kier molecular flexibility index (Phi) is 5.70. The molecule has 0 aromatic heterocycles. The maximum atomic E-state index is 12.3. The van der Waals surface area contributed by atoms with E-state index in [9.17, 15) is 9.59 Å². The van der Waals surface area contributed by atoms with Gasteiger partial charge in [-0.2, -0.15) is 0 Å². The van der Waals surface area contributed by atoms with Gasteiger partial charge in [-0.3, -0.25) is 14.5 Å². The van der Waals surface area contributed by atoms with Gasteiger partial charge in [0.2, 0.25) is 5.91 Å². The number of hydrogen-bond donors (Lipinski definition) is 0. The molecule has 0 aliphatic rings. The summed E-state index contributed by atoms with van der Waals surface area (Å²) in [6.45, 7) is 4.74. The molecule has 4 heteroatoms. The summed E-state index contributed by atoms with van der Waals surface area (Å²) >= 11 is 0. The number of carbonyl (C=O) groups is 2. The maximum absolute atomic E-state index is 12.3. The van der Waals surface area contributed by atoms with Crippen molar-refractivity contribution in [2.75, 3.05) is 27.2 Å². The van der Waals surface area contributed by atoms with E-state index >= 15 is 0 Å². The van der Waals surface area contributed by atoms with Gasteiger partial charge < -0.3 is 4.90 Å². The Labute approximate surface area is 115 Å². The third kappa shape index (κ3) is 4.17. The standard InChI is InChI=1S/C15H22N2O2/c1-5-17(11-14(18)16(3)4)12(2)15(19)13-9-7-6-8-10-13/h6-10,12H,5,11H2,1-4H3. The molecule has 1 atom stereocenters. The lowest BCUT2D eigenvalue weighted by Crippen LogP contribution is -2.44. The van der Waals surface area contributed by atoms with Gasteiger partial charge in [-0.25, -0.2) is 0 Å². The first-order valence-electron chi connectivity index (χ1n) is 6.50. The number of Topliss-reactive ketones (excluding diaryl/α,β-unsaturated/α-hetero) is 1. The maximum Gasteiger partial charge on any atom is 0.236 e. The molecule has 1 aromatic carbocycles. The monoisotopic (exact) mass is 262 g/mol. The van der Waals surface area contributed by atoms with Gasteiger partial charge in [-0.15, -0.1) is 0 Å². The summed E-state index contributed by atoms with van der Waals surface area (Å²) in [6.07, 6.45) is 0. The van der Waals surface area contributed by atoms with Gasteiger partial charge in [0.05, 0.1) is 12.6 Å². The highest BCUT2D eigenvalue weighted by atomic mass is 16.2. The highest BCUT2D eigenvalue weighted by molar-refractivity contribution is 6.00. The van der Waals surface area contributed by atoms with Crippen LogP contribution in [-0.2, 0) is 4.79 Å². The van der Waals surface area contributed by atoms with Crippen molar-refractivity contribution in [2.45, 2.75) is 19.9 Å². The number of hydrogen-bond acceptors (Lipinski definition) is 3. The average molecular weight is 262 g/mol. The zero-order chi connectivity index (χ0) is 14.4. The zero-order valence-corrected chi connectivity index (χ0v) is 12.1. The second kappa shape index (κ2) is 7.04. The minimum Gasteiger partial charge on any atom is -0.348 e. The first kappa shape index (κ1) is 15.4. The lowest BCUT2D eigenvalue weighted by Gasteiger charge is -2.27. The summed E-state index contributed by atoms with van der Waals surface area (Å²) < 4.78 is 0. The normalized spacial score (nSPS) is 12.3. The van der Waals surface area contributed by atoms with Crippen LogP contribution >= 0.6 is 0 Å². The molecule has 1 rings (SSSR count). The number of benzene rings is 1. The average Bonchev–Trinajstić information content (AvgIpc) is 2.43. The van der Waals surface area contributed by atoms with Crippen LogP contribution in [0.1, 0.15) is 24.2 Å². The predicted octanol–water partition coefficient (Wildman–Crippen LogP) is 1.67. The number of amides is 1. The molecule has 1 aromatic rings. The SMILES string of the molecule is CCN(CC(=O)N(C)C)C(C)C(=O)c1ccccc1. The van der Waals surface area contributed by atoms with Crippen LogP contribution in [0.2, 0.25) is 0 Å². The van der Waals surface area contributed by atoms with Crippen LogP contribution in [0.15, 0.2) is 30.3 Å². The van der Waals surface area contributed by atoms with E-state index in [1.165, 1.54) is 0 Å². The van der Waals surface area contributed by atoms with Crippen molar-refractivity contribution < 1.29 is 9.59 Å². The fraction of sp³-hybridized carbons (Fsp3) is 0.467. The van der Waals surface area contributed by atoms with Crippen molar-refractivity contribution in [2.24, 2.45) is 0 Å². The fourth-order valence-electron chi connectivity index (χ4n) is 1.85. The number of ketones is 1. The fourth-order valence-corrected chi connectivity index (χ4v) is 1.85. The Bertz CT molecular complexity index is 429. The molecule has 1 unspecified atom stereocenters. The quantitative estimate of drug-likeness (QED) is 0.732. The Morgan fingerprint density at radius 2 is 1.74 bits per heavy atom. The second-order valence-corrected chi connectivity index (χ2v) is 4.76. The summed E-state index contributed by atoms with van der Waals surface area (Å²) in [5.74, 6) is 0.0589. The van der Waals surface area contributed by atoms with Crippen molar-refractivity contribution in [1.29, 1.82) is 0 Å². The van der Waals surface area contributed by atoms with Gasteiger partial charge in [0.25, 0.3) is 0 Å². The minimum atomic E-state index is -0.295. The molecule has 0 heterocycles. The molecular formula is C15H22N2O2. The Morgan fingerprint density at radius 3 is 2.21 bits per heavy atom. The van der Waals surface area contributed by atoms with Gasteiger partial charge in [-0.05, 0) is 13.5 Å². The van der Waals surface area contributed by atoms with Crippen LogP contribution in [-0.4, -0.2) is 54.7 Å². The summed E-state index contributed by atoms with van der Waals surface area (Å²) in [7, 11) is 3.44. The Morgan fingerprint density at radius 1 is 1.16 bits per heavy atom. The molecule has 0 spiro atoms. The van der Waals surface area contributed by atoms with E-state index in [-0.39, 0.29) is 24.3 Å². The molecule has 0 saturated carbocycles. The van der Waals surface area contributed by atoms with Crippen molar-refractivity contribution in [3.8, 4) is 0 Å². The zero-order valence-electron chi connectivity index (χ0n) is 12.1. The highest BCUT2D eigenvalue weighted by Crippen LogP contribution is 2.09. The van der Waals surface area contributed by atoms with Crippen LogP contribution in [0, 0.1) is 0 Å². The van der Waals surface area contributed by atoms with Crippen LogP contribution in [0.4, 0.5) is 0 Å². The second-order valence-electron chi connectivity index (χ2n) is 4.76. The Hall–Kier alpha value is -1.68. The summed E-state index contributed by atoms with van der Waals surface area (Å²) in [6, 6.07) is 8.90. The minimum absolute atomic E-state index is 0.00885. The molecule has 0 aliphatic carbocycles. The number of carbonyl (C=O) groups excluding carboxylic acids is 2. The van der Waals surface area contributed by atoms with E-state index in [1.807, 2.05) is 36.9 Å². The molecule has 19 heavy (non-hydrogen) atoms. The van der Waals surface area contributed by atoms with Crippen LogP contribution in [0.3, 0.4) is 0 Å². The van der Waals surface area contributed by atoms with Crippen LogP contribution in [0.25, 0.3) is 0 Å². The lowest BCUT2D eigenvalue weighted by atomic mass is 10.0. The van der Waals surface area contributed by atoms with Crippen molar-refractivity contribution >= 4 is 11.7 Å². The summed E-state index contributed by atoms with van der Waals surface area (Å²) in [5, 5.41) is 0. The largest absolute Gasteiger partial charge is 0.348 e. The van der Waals surface area contributed by atoms with Crippen molar-refractivity contribution in [1.82, 2.24) is 9.80 Å². The van der Waals surface area contributed by atoms with E-state index in [4.69, 9.17) is 0 Å². The molecule has 0 N–H and O–H groups in total. The first-order valence-corrected chi connectivity index (χ1v) is 6.50. The predicted molar refractivity (Wildman–Crippen MR) is 76.2 cm³/mol. The van der Waals surface area contributed by atoms with Gasteiger partial charge >= 0.3 is 0 Å². The molecule has 104 valence electrons. The molecular weight excluding hydrogens is 240 g/mol. The molecule has 0 fully saturated rings. The van der Waals surface area contributed by atoms with E-state index < -0.39 is 0 Å². The number of likely N-dealkylation sites (N-methyl/N-ethyl adjacent to an activating group) is 2. The molecule has 0 saturated heterocycles. The van der Waals surface area contributed by atoms with Gasteiger partial charge in [0, 0.05) is 19.7 Å². The van der Waals surface area contributed by atoms with E-state index in [0.717, 1.165) is 0 Å². The van der Waals surface area contributed by atoms with Crippen LogP contribution in [0.5, 0.6) is 0 Å². The Balaban J connectivity index is 2.76. The van der Waals surface area contributed by atoms with E-state index in [2.05, 4.69) is 0 Å². The molecule has 1 amide bonds. The molecule has 0 radical (unpaired) electrons. The van der Waals surface area contributed by atoms with Crippen molar-refractivity contribution in [3.63, 3.8) is 0 Å². The van der Waals surface area contributed by atoms with Gasteiger partial charge in [0.1, 0.15) is 0 Å². The lowest BCUT2D eigenvalue weighted by molar-refractivity contribution is -0.130. The number of nitrogens with zero attached hydrogens (tertiary/aromatic N) is 2. The van der Waals surface area contributed by atoms with Gasteiger partial charge in [0.15, 0.2) is 5.78 Å². The van der Waals surface area contributed by atoms with Crippen molar-refractivity contribution in [3.05, 3.63) is 35.9 Å². The van der Waals surface area contributed by atoms with Crippen LogP contribution < -0.4 is 0 Å². The topological polar surface area (TPSA) is 40.6 Å². The van der Waals surface area contributed by atoms with E-state index in [1.54, 1.807) is 31.1 Å². The van der Waals surface area contributed by atoms with E-state index in [0.29, 0.717) is 12.1 Å². The third-order valence-electron chi connectivity index (χ3n) is 3.23. The number of rotatable bonds is 6. The molecule has 4 nitrogen and oxygen atoms in total. The van der Waals surface area contributed by atoms with Gasteiger partial charge in [-0.1, -0.05) is 37.3 Å². The third-order valence-corrected chi connectivity index (χ3v) is 3.23. The summed E-state index contributed by atoms with van der Waals surface area (Å²) in [5.41, 5.74) is 0.686.